The average Bonchev–Trinajstić information content (AvgIpc) is 3.56. The topological polar surface area (TPSA) is 135 Å². The number of hydrogen-bond donors (Lipinski definition) is 2. The zero-order valence-electron chi connectivity index (χ0n) is 29.7. The van der Waals surface area contributed by atoms with Crippen molar-refractivity contribution in [1.29, 1.82) is 0 Å². The predicted molar refractivity (Wildman–Crippen MR) is 213 cm³/mol. The lowest BCUT2D eigenvalue weighted by Crippen LogP contribution is -2.53. The summed E-state index contributed by atoms with van der Waals surface area (Å²) in [6.07, 6.45) is 2.16. The number of imide groups is 2. The zero-order valence-corrected chi connectivity index (χ0v) is 33.4. The van der Waals surface area contributed by atoms with E-state index in [9.17, 15) is 14.7 Å². The van der Waals surface area contributed by atoms with Crippen molar-refractivity contribution in [2.24, 2.45) is 23.7 Å². The van der Waals surface area contributed by atoms with E-state index in [1.54, 1.807) is 54.6 Å². The molecule has 2 N–H and O–H groups in total. The number of nitrogens with zero attached hydrogens (tertiary/aromatic N) is 2. The standard InChI is InChI=1S/C41H34Cl2IN3O8/c1-53-24-11-4-20(5-12-24)41-29(38(50)47(40(41)52)45-31-15-6-21(42)16-30(31)43)19-28-26(36(41)35-32(48)17-25(54-2)18-33(35)55-3)13-14-27-34(28)39(51)46(37(27)49)23-9-7-22(44)8-10-23/h4-13,15-18,27-29,34,36,45,48H,14,19H2,1-3H3/t27-,28+,29-,34-,36+,41+/m0/s1. The van der Waals surface area contributed by atoms with Crippen LogP contribution in [0.15, 0.2) is 90.5 Å². The van der Waals surface area contributed by atoms with E-state index in [-0.39, 0.29) is 52.4 Å². The molecule has 0 radical (unpaired) electrons. The van der Waals surface area contributed by atoms with Gasteiger partial charge >= 0.3 is 0 Å². The molecular formula is C41H34Cl2IN3O8. The number of nitrogens with one attached hydrogen (secondary N) is 1. The first-order valence-corrected chi connectivity index (χ1v) is 19.3. The van der Waals surface area contributed by atoms with Crippen molar-refractivity contribution in [3.8, 4) is 23.0 Å². The van der Waals surface area contributed by atoms with Crippen LogP contribution in [0.25, 0.3) is 0 Å². The molecule has 0 aromatic heterocycles. The third-order valence-electron chi connectivity index (χ3n) is 11.5. The molecule has 282 valence electrons. The van der Waals surface area contributed by atoms with Gasteiger partial charge in [-0.05, 0) is 102 Å². The van der Waals surface area contributed by atoms with Crippen molar-refractivity contribution in [1.82, 2.24) is 5.01 Å². The number of amides is 4. The Morgan fingerprint density at radius 1 is 0.818 bits per heavy atom. The molecule has 2 aliphatic heterocycles. The number of phenolic OH excluding ortho intramolecular Hbond substituents is 1. The second-order valence-electron chi connectivity index (χ2n) is 14.0. The van der Waals surface area contributed by atoms with Gasteiger partial charge in [0.2, 0.25) is 11.8 Å². The number of hydrazine groups is 1. The fraction of sp³-hybridized carbons (Fsp3) is 0.268. The van der Waals surface area contributed by atoms with Crippen molar-refractivity contribution in [3.05, 3.63) is 115 Å². The van der Waals surface area contributed by atoms with E-state index in [0.29, 0.717) is 33.3 Å². The normalized spacial score (nSPS) is 25.6. The summed E-state index contributed by atoms with van der Waals surface area (Å²) >= 11 is 14.9. The van der Waals surface area contributed by atoms with Crippen LogP contribution in [0.5, 0.6) is 23.0 Å². The maximum absolute atomic E-state index is 15.5. The number of carbonyl (C=O) groups is 4. The van der Waals surface area contributed by atoms with Crippen molar-refractivity contribution >= 4 is 80.8 Å². The molecular weight excluding hydrogens is 860 g/mol. The fourth-order valence-corrected chi connectivity index (χ4v) is 9.98. The number of fused-ring (bicyclic) bond motifs is 4. The molecule has 0 bridgehead atoms. The molecule has 0 spiro atoms. The summed E-state index contributed by atoms with van der Waals surface area (Å²) in [5.74, 6) is -5.47. The number of hydrogen-bond acceptors (Lipinski definition) is 9. The summed E-state index contributed by atoms with van der Waals surface area (Å²) in [5, 5.41) is 13.5. The number of benzene rings is 4. The molecule has 2 heterocycles. The van der Waals surface area contributed by atoms with Crippen molar-refractivity contribution in [3.63, 3.8) is 0 Å². The highest BCUT2D eigenvalue weighted by molar-refractivity contribution is 14.1. The summed E-state index contributed by atoms with van der Waals surface area (Å²) in [7, 11) is 4.42. The first-order valence-electron chi connectivity index (χ1n) is 17.5. The van der Waals surface area contributed by atoms with Crippen LogP contribution in [0, 0.1) is 27.2 Å². The molecule has 2 saturated heterocycles. The number of carbonyl (C=O) groups excluding carboxylic acids is 4. The van der Waals surface area contributed by atoms with Crippen LogP contribution in [-0.4, -0.2) is 55.1 Å². The first-order chi connectivity index (χ1) is 26.4. The molecule has 1 saturated carbocycles. The second-order valence-corrected chi connectivity index (χ2v) is 16.1. The van der Waals surface area contributed by atoms with E-state index in [1.165, 1.54) is 38.4 Å². The van der Waals surface area contributed by atoms with Crippen LogP contribution in [0.1, 0.15) is 29.9 Å². The molecule has 55 heavy (non-hydrogen) atoms. The second kappa shape index (κ2) is 14.1. The molecule has 0 unspecified atom stereocenters. The Balaban J connectivity index is 1.37. The van der Waals surface area contributed by atoms with Gasteiger partial charge in [-0.3, -0.25) is 29.5 Å². The minimum atomic E-state index is -1.70. The van der Waals surface area contributed by atoms with Gasteiger partial charge in [0.15, 0.2) is 0 Å². The summed E-state index contributed by atoms with van der Waals surface area (Å²) in [6, 6.07) is 21.7. The monoisotopic (exact) mass is 893 g/mol. The van der Waals surface area contributed by atoms with Crippen LogP contribution in [0.4, 0.5) is 11.4 Å². The van der Waals surface area contributed by atoms with Gasteiger partial charge in [-0.1, -0.05) is 47.0 Å². The predicted octanol–water partition coefficient (Wildman–Crippen LogP) is 7.52. The van der Waals surface area contributed by atoms with Gasteiger partial charge in [-0.15, -0.1) is 0 Å². The van der Waals surface area contributed by atoms with E-state index < -0.39 is 46.8 Å². The number of halogens is 3. The molecule has 4 aliphatic rings. The van der Waals surface area contributed by atoms with Crippen molar-refractivity contribution < 1.29 is 38.5 Å². The summed E-state index contributed by atoms with van der Waals surface area (Å²) in [5.41, 5.74) is 3.35. The Hall–Kier alpha value is -4.79. The van der Waals surface area contributed by atoms with E-state index in [1.807, 2.05) is 18.2 Å². The highest BCUT2D eigenvalue weighted by Gasteiger charge is 2.71. The van der Waals surface area contributed by atoms with E-state index in [4.69, 9.17) is 37.4 Å². The van der Waals surface area contributed by atoms with Gasteiger partial charge in [-0.25, -0.2) is 0 Å². The van der Waals surface area contributed by atoms with Gasteiger partial charge in [0.05, 0.1) is 60.9 Å². The Labute approximate surface area is 340 Å². The van der Waals surface area contributed by atoms with Crippen molar-refractivity contribution in [2.45, 2.75) is 24.2 Å². The van der Waals surface area contributed by atoms with Gasteiger partial charge < -0.3 is 19.3 Å². The number of rotatable bonds is 8. The van der Waals surface area contributed by atoms with Gasteiger partial charge in [0.1, 0.15) is 23.0 Å². The molecule has 3 fully saturated rings. The number of methoxy groups -OCH3 is 3. The largest absolute Gasteiger partial charge is 0.507 e. The number of aromatic hydroxyl groups is 1. The van der Waals surface area contributed by atoms with Crippen LogP contribution in [0.3, 0.4) is 0 Å². The quantitative estimate of drug-likeness (QED) is 0.105. The lowest BCUT2D eigenvalue weighted by molar-refractivity contribution is -0.138. The Bertz CT molecular complexity index is 2300. The Morgan fingerprint density at radius 3 is 2.18 bits per heavy atom. The van der Waals surface area contributed by atoms with E-state index >= 15 is 9.59 Å². The number of phenols is 1. The van der Waals surface area contributed by atoms with Gasteiger partial charge in [0, 0.05) is 32.2 Å². The molecule has 4 amide bonds. The maximum Gasteiger partial charge on any atom is 0.260 e. The molecule has 14 heteroatoms. The molecule has 6 atom stereocenters. The van der Waals surface area contributed by atoms with Crippen LogP contribution in [-0.2, 0) is 24.6 Å². The molecule has 4 aromatic rings. The third-order valence-corrected chi connectivity index (χ3v) is 12.8. The molecule has 4 aromatic carbocycles. The lowest BCUT2D eigenvalue weighted by Gasteiger charge is -2.50. The molecule has 11 nitrogen and oxygen atoms in total. The fourth-order valence-electron chi connectivity index (χ4n) is 9.17. The Kier molecular flexibility index (Phi) is 9.49. The smallest absolute Gasteiger partial charge is 0.260 e. The third kappa shape index (κ3) is 5.66. The summed E-state index contributed by atoms with van der Waals surface area (Å²) < 4.78 is 17.8. The Morgan fingerprint density at radius 2 is 1.53 bits per heavy atom. The van der Waals surface area contributed by atoms with Crippen LogP contribution >= 0.6 is 45.8 Å². The highest BCUT2D eigenvalue weighted by Crippen LogP contribution is 2.66. The van der Waals surface area contributed by atoms with Crippen LogP contribution < -0.4 is 24.5 Å². The van der Waals surface area contributed by atoms with Gasteiger partial charge in [0.25, 0.3) is 11.8 Å². The SMILES string of the molecule is COc1ccc([C@@]23C(=O)N(Nc4ccc(Cl)cc4Cl)C(=O)[C@@H]2C[C@@H]2C(=CC[C@@H]4C(=O)N(c5ccc(I)cc5)C(=O)[C@@H]42)[C@@H]3c2c(O)cc(OC)cc2OC)cc1. The summed E-state index contributed by atoms with van der Waals surface area (Å²) in [4.78, 5) is 60.5. The number of ether oxygens (including phenoxy) is 3. The summed E-state index contributed by atoms with van der Waals surface area (Å²) in [6.45, 7) is 0. The minimum Gasteiger partial charge on any atom is -0.507 e. The first kappa shape index (κ1) is 37.1. The molecule has 8 rings (SSSR count). The highest BCUT2D eigenvalue weighted by atomic mass is 127. The van der Waals surface area contributed by atoms with Crippen LogP contribution in [0.2, 0.25) is 10.0 Å². The number of allylic oxidation sites excluding steroid dienone is 2. The zero-order chi connectivity index (χ0) is 38.9. The minimum absolute atomic E-state index is 0.0470. The molecule has 2 aliphatic carbocycles. The van der Waals surface area contributed by atoms with Gasteiger partial charge in [-0.2, -0.15) is 5.01 Å². The average molecular weight is 895 g/mol. The number of anilines is 2. The van der Waals surface area contributed by atoms with E-state index in [0.717, 1.165) is 8.58 Å². The maximum atomic E-state index is 15.5. The van der Waals surface area contributed by atoms with E-state index in [2.05, 4.69) is 28.0 Å². The lowest BCUT2D eigenvalue weighted by atomic mass is 9.49. The van der Waals surface area contributed by atoms with Crippen molar-refractivity contribution in [2.75, 3.05) is 31.7 Å².